The highest BCUT2D eigenvalue weighted by atomic mass is 35.5. The number of allylic oxidation sites excluding steroid dienone is 4. The lowest BCUT2D eigenvalue weighted by atomic mass is 9.62. The predicted octanol–water partition coefficient (Wildman–Crippen LogP) is 5.27. The first-order valence-corrected chi connectivity index (χ1v) is 9.33. The topological polar surface area (TPSA) is 60.2 Å². The Bertz CT molecular complexity index is 965. The zero-order valence-electron chi connectivity index (χ0n) is 14.8. The molecule has 3 nitrogen and oxygen atoms in total. The molecular weight excluding hydrogens is 381 g/mol. The molecule has 0 aromatic heterocycles. The highest BCUT2D eigenvalue weighted by Gasteiger charge is 2.45. The van der Waals surface area contributed by atoms with Crippen LogP contribution in [0.4, 0.5) is 5.69 Å². The van der Waals surface area contributed by atoms with Gasteiger partial charge in [-0.2, -0.15) is 0 Å². The molecule has 0 unspecified atom stereocenters. The van der Waals surface area contributed by atoms with Crippen LogP contribution in [0.1, 0.15) is 30.4 Å². The third kappa shape index (κ3) is 3.58. The van der Waals surface area contributed by atoms with E-state index in [9.17, 15) is 9.59 Å². The summed E-state index contributed by atoms with van der Waals surface area (Å²) in [7, 11) is 0. The summed E-state index contributed by atoms with van der Waals surface area (Å²) in [5.41, 5.74) is 7.49. The molecule has 5 heteroatoms. The molecule has 2 atom stereocenters. The van der Waals surface area contributed by atoms with Crippen LogP contribution in [-0.2, 0) is 15.0 Å². The van der Waals surface area contributed by atoms with E-state index in [0.717, 1.165) is 11.8 Å². The van der Waals surface area contributed by atoms with Gasteiger partial charge in [0.05, 0.1) is 5.41 Å². The van der Waals surface area contributed by atoms with Gasteiger partial charge in [-0.15, -0.1) is 0 Å². The highest BCUT2D eigenvalue weighted by molar-refractivity contribution is 6.31. The molecule has 0 bridgehead atoms. The summed E-state index contributed by atoms with van der Waals surface area (Å²) in [6.45, 7) is 1.83. The molecule has 0 radical (unpaired) electrons. The molecule has 27 heavy (non-hydrogen) atoms. The normalized spacial score (nSPS) is 22.7. The predicted molar refractivity (Wildman–Crippen MR) is 110 cm³/mol. The molecule has 1 aliphatic rings. The Labute approximate surface area is 168 Å². The van der Waals surface area contributed by atoms with Crippen LogP contribution in [0.15, 0.2) is 66.3 Å². The van der Waals surface area contributed by atoms with Crippen LogP contribution >= 0.6 is 23.2 Å². The lowest BCUT2D eigenvalue weighted by Gasteiger charge is -2.39. The Morgan fingerprint density at radius 1 is 1.15 bits per heavy atom. The van der Waals surface area contributed by atoms with Gasteiger partial charge in [0.2, 0.25) is 0 Å². The maximum Gasteiger partial charge on any atom is 0.163 e. The highest BCUT2D eigenvalue weighted by Crippen LogP contribution is 2.48. The fraction of sp³-hybridized carbons (Fsp3) is 0.182. The molecule has 0 saturated heterocycles. The number of aldehydes is 1. The number of Topliss-reactive ketones (excluding diaryl/α,β-unsaturated/α-hetero) is 1. The number of carbonyl (C=O) groups excluding carboxylic acids is 2. The average Bonchev–Trinajstić information content (AvgIpc) is 2.63. The zero-order valence-corrected chi connectivity index (χ0v) is 16.3. The van der Waals surface area contributed by atoms with Gasteiger partial charge < -0.3 is 10.5 Å². The molecule has 0 spiro atoms. The first-order chi connectivity index (χ1) is 12.9. The van der Waals surface area contributed by atoms with E-state index in [1.165, 1.54) is 0 Å². The first-order valence-electron chi connectivity index (χ1n) is 8.57. The largest absolute Gasteiger partial charge is 0.398 e. The smallest absolute Gasteiger partial charge is 0.163 e. The fourth-order valence-corrected chi connectivity index (χ4v) is 4.10. The minimum atomic E-state index is -1.10. The quantitative estimate of drug-likeness (QED) is 0.562. The molecule has 0 fully saturated rings. The van der Waals surface area contributed by atoms with Crippen LogP contribution in [-0.4, -0.2) is 12.1 Å². The molecule has 0 amide bonds. The summed E-state index contributed by atoms with van der Waals surface area (Å²) in [5.74, 6) is -0.443. The number of rotatable bonds is 4. The van der Waals surface area contributed by atoms with E-state index in [0.29, 0.717) is 26.9 Å². The number of nitrogens with two attached hydrogens (primary N) is 1. The number of halogens is 2. The molecule has 0 heterocycles. The number of carbonyl (C=O) groups is 2. The van der Waals surface area contributed by atoms with E-state index in [-0.39, 0.29) is 12.2 Å². The second-order valence-corrected chi connectivity index (χ2v) is 7.49. The van der Waals surface area contributed by atoms with Gasteiger partial charge in [0.1, 0.15) is 6.29 Å². The summed E-state index contributed by atoms with van der Waals surface area (Å²) >= 11 is 12.2. The maximum atomic E-state index is 12.7. The van der Waals surface area contributed by atoms with Crippen molar-refractivity contribution in [2.24, 2.45) is 0 Å². The molecule has 1 aliphatic carbocycles. The van der Waals surface area contributed by atoms with E-state index >= 15 is 0 Å². The monoisotopic (exact) mass is 399 g/mol. The Balaban J connectivity index is 2.31. The minimum absolute atomic E-state index is 0.0249. The zero-order chi connectivity index (χ0) is 19.6. The van der Waals surface area contributed by atoms with E-state index in [1.54, 1.807) is 48.6 Å². The third-order valence-electron chi connectivity index (χ3n) is 4.95. The van der Waals surface area contributed by atoms with Crippen molar-refractivity contribution in [1.82, 2.24) is 0 Å². The van der Waals surface area contributed by atoms with Crippen LogP contribution in [0.2, 0.25) is 10.0 Å². The minimum Gasteiger partial charge on any atom is -0.398 e. The van der Waals surface area contributed by atoms with Gasteiger partial charge in [0.25, 0.3) is 0 Å². The number of hydrogen-bond donors (Lipinski definition) is 1. The number of anilines is 1. The average molecular weight is 400 g/mol. The molecule has 0 aliphatic heterocycles. The summed E-state index contributed by atoms with van der Waals surface area (Å²) in [6.07, 6.45) is 6.27. The van der Waals surface area contributed by atoms with Gasteiger partial charge in [0.15, 0.2) is 5.78 Å². The van der Waals surface area contributed by atoms with Crippen molar-refractivity contribution in [2.75, 3.05) is 5.73 Å². The molecule has 138 valence electrons. The molecular formula is C22H19Cl2NO2. The summed E-state index contributed by atoms with van der Waals surface area (Å²) in [5, 5.41) is 1.04. The molecule has 2 aromatic carbocycles. The van der Waals surface area contributed by atoms with Gasteiger partial charge in [0, 0.05) is 33.6 Å². The lowest BCUT2D eigenvalue weighted by Crippen LogP contribution is -2.39. The summed E-state index contributed by atoms with van der Waals surface area (Å²) in [4.78, 5) is 25.2. The Kier molecular flexibility index (Phi) is 5.54. The number of hydrogen-bond acceptors (Lipinski definition) is 3. The second kappa shape index (κ2) is 7.71. The van der Waals surface area contributed by atoms with Gasteiger partial charge in [-0.25, -0.2) is 0 Å². The Morgan fingerprint density at radius 3 is 2.52 bits per heavy atom. The molecule has 0 saturated carbocycles. The molecule has 2 aromatic rings. The summed E-state index contributed by atoms with van der Waals surface area (Å²) < 4.78 is 0. The van der Waals surface area contributed by atoms with Crippen molar-refractivity contribution in [1.29, 1.82) is 0 Å². The molecule has 3 rings (SSSR count). The van der Waals surface area contributed by atoms with Crippen LogP contribution in [0.3, 0.4) is 0 Å². The first kappa shape index (κ1) is 19.4. The van der Waals surface area contributed by atoms with Crippen molar-refractivity contribution in [3.05, 3.63) is 87.4 Å². The van der Waals surface area contributed by atoms with E-state index in [1.807, 2.05) is 19.1 Å². The third-order valence-corrected chi connectivity index (χ3v) is 5.43. The van der Waals surface area contributed by atoms with Gasteiger partial charge in [-0.1, -0.05) is 59.6 Å². The number of ketones is 1. The van der Waals surface area contributed by atoms with Crippen molar-refractivity contribution in [3.63, 3.8) is 0 Å². The van der Waals surface area contributed by atoms with E-state index in [4.69, 9.17) is 28.9 Å². The maximum absolute atomic E-state index is 12.7. The van der Waals surface area contributed by atoms with Gasteiger partial charge in [-0.3, -0.25) is 4.79 Å². The van der Waals surface area contributed by atoms with E-state index in [2.05, 4.69) is 0 Å². The molecule has 2 N–H and O–H groups in total. The SMILES string of the molecule is C/C=C/C1=C[C@](C=O)(c2ccc(Cl)cc2N)[C@H](c2cccc(Cl)c2)CC1=O. The van der Waals surface area contributed by atoms with Crippen molar-refractivity contribution >= 4 is 41.0 Å². The fourth-order valence-electron chi connectivity index (χ4n) is 3.72. The van der Waals surface area contributed by atoms with E-state index < -0.39 is 11.3 Å². The Morgan fingerprint density at radius 2 is 1.89 bits per heavy atom. The van der Waals surface area contributed by atoms with Crippen molar-refractivity contribution in [3.8, 4) is 0 Å². The van der Waals surface area contributed by atoms with Crippen molar-refractivity contribution < 1.29 is 9.59 Å². The van der Waals surface area contributed by atoms with Crippen molar-refractivity contribution in [2.45, 2.75) is 24.7 Å². The standard InChI is InChI=1S/C22H19Cl2NO2/c1-2-4-15-12-22(13-26,18-8-7-17(24)10-20(18)25)19(11-21(15)27)14-5-3-6-16(23)9-14/h2-10,12-13,19H,11,25H2,1H3/b4-2+/t19-,22-/m0/s1. The van der Waals surface area contributed by atoms with Crippen LogP contribution in [0.25, 0.3) is 0 Å². The van der Waals surface area contributed by atoms with Gasteiger partial charge in [-0.05, 0) is 42.3 Å². The van der Waals surface area contributed by atoms with Crippen LogP contribution in [0, 0.1) is 0 Å². The second-order valence-electron chi connectivity index (χ2n) is 6.62. The van der Waals surface area contributed by atoms with Crippen LogP contribution < -0.4 is 5.73 Å². The lowest BCUT2D eigenvalue weighted by molar-refractivity contribution is -0.117. The van der Waals surface area contributed by atoms with Gasteiger partial charge >= 0.3 is 0 Å². The number of nitrogen functional groups attached to an aromatic ring is 1. The van der Waals surface area contributed by atoms with Crippen LogP contribution in [0.5, 0.6) is 0 Å². The summed E-state index contributed by atoms with van der Waals surface area (Å²) in [6, 6.07) is 12.3. The Hall–Kier alpha value is -2.36. The number of benzene rings is 2.